The summed E-state index contributed by atoms with van der Waals surface area (Å²) in [6.45, 7) is 4.03. The van der Waals surface area contributed by atoms with Gasteiger partial charge in [0.2, 0.25) is 0 Å². The summed E-state index contributed by atoms with van der Waals surface area (Å²) in [6.07, 6.45) is 2.38. The molecule has 0 radical (unpaired) electrons. The quantitative estimate of drug-likeness (QED) is 0.278. The second-order valence-corrected chi connectivity index (χ2v) is 11.5. The molecule has 0 unspecified atom stereocenters. The van der Waals surface area contributed by atoms with Crippen LogP contribution in [0.5, 0.6) is 0 Å². The molecule has 178 valence electrons. The van der Waals surface area contributed by atoms with E-state index in [1.54, 1.807) is 26.8 Å². The average Bonchev–Trinajstić information content (AvgIpc) is 2.88. The van der Waals surface area contributed by atoms with Gasteiger partial charge >= 0.3 is 59.1 Å². The van der Waals surface area contributed by atoms with Crippen molar-refractivity contribution < 1.29 is 102 Å². The van der Waals surface area contributed by atoms with E-state index in [0.29, 0.717) is 12.0 Å². The van der Waals surface area contributed by atoms with Gasteiger partial charge in [-0.3, -0.25) is 9.59 Å². The number of carbonyl (C=O) groups is 2. The molecule has 0 aliphatic heterocycles. The van der Waals surface area contributed by atoms with Crippen molar-refractivity contribution in [1.82, 2.24) is 0 Å². The van der Waals surface area contributed by atoms with Gasteiger partial charge in [0.1, 0.15) is 18.4 Å². The largest absolute Gasteiger partial charge is 1.00 e. The molecule has 0 spiro atoms. The van der Waals surface area contributed by atoms with Crippen molar-refractivity contribution in [3.63, 3.8) is 0 Å². The molecule has 8 nitrogen and oxygen atoms in total. The smallest absolute Gasteiger partial charge is 0.790 e. The molecule has 3 saturated carbocycles. The minimum absolute atomic E-state index is 0. The first-order chi connectivity index (χ1) is 14.6. The molecular formula is C22H28FNa2O8P. The van der Waals surface area contributed by atoms with E-state index in [1.807, 2.05) is 0 Å². The van der Waals surface area contributed by atoms with Crippen molar-refractivity contribution >= 4 is 19.4 Å². The summed E-state index contributed by atoms with van der Waals surface area (Å²) in [5, 5.41) is 22.9. The number of phosphoric acid groups is 1. The number of hydrogen-bond donors (Lipinski definition) is 2. The molecule has 0 aromatic heterocycles. The van der Waals surface area contributed by atoms with E-state index in [9.17, 15) is 34.2 Å². The molecular weight excluding hydrogens is 488 g/mol. The average molecular weight is 516 g/mol. The van der Waals surface area contributed by atoms with Crippen LogP contribution in [-0.2, 0) is 18.7 Å². The summed E-state index contributed by atoms with van der Waals surface area (Å²) in [7, 11) is -5.41. The van der Waals surface area contributed by atoms with Crippen LogP contribution in [0, 0.1) is 34.5 Å². The number of aliphatic hydroxyl groups is 2. The van der Waals surface area contributed by atoms with Gasteiger partial charge in [0.05, 0.1) is 13.9 Å². The van der Waals surface area contributed by atoms with Crippen molar-refractivity contribution in [2.24, 2.45) is 34.5 Å². The van der Waals surface area contributed by atoms with Gasteiger partial charge in [-0.15, -0.1) is 0 Å². The normalized spacial score (nSPS) is 45.2. The van der Waals surface area contributed by atoms with Gasteiger partial charge in [-0.05, 0) is 54.7 Å². The van der Waals surface area contributed by atoms with E-state index >= 15 is 4.39 Å². The van der Waals surface area contributed by atoms with Crippen molar-refractivity contribution in [3.05, 3.63) is 23.8 Å². The van der Waals surface area contributed by atoms with Gasteiger partial charge in [0, 0.05) is 16.7 Å². The zero-order chi connectivity index (χ0) is 23.9. The van der Waals surface area contributed by atoms with Crippen LogP contribution < -0.4 is 68.9 Å². The van der Waals surface area contributed by atoms with Gasteiger partial charge in [-0.1, -0.05) is 26.8 Å². The summed E-state index contributed by atoms with van der Waals surface area (Å²) in [4.78, 5) is 46.6. The monoisotopic (exact) mass is 516 g/mol. The van der Waals surface area contributed by atoms with Gasteiger partial charge < -0.3 is 29.1 Å². The zero-order valence-corrected chi connectivity index (χ0v) is 25.1. The van der Waals surface area contributed by atoms with E-state index in [4.69, 9.17) is 0 Å². The maximum atomic E-state index is 15.3. The summed E-state index contributed by atoms with van der Waals surface area (Å²) < 4.78 is 30.4. The van der Waals surface area contributed by atoms with Crippen molar-refractivity contribution in [1.29, 1.82) is 0 Å². The fourth-order valence-corrected chi connectivity index (χ4v) is 7.79. The molecule has 4 rings (SSSR count). The number of fused-ring (bicyclic) bond motifs is 5. The number of phosphoric ester groups is 1. The number of allylic oxidation sites excluding steroid dienone is 4. The first-order valence-electron chi connectivity index (χ1n) is 10.8. The number of hydrogen-bond acceptors (Lipinski definition) is 8. The van der Waals surface area contributed by atoms with Crippen LogP contribution in [0.2, 0.25) is 0 Å². The standard InChI is InChI=1S/C22H30FO8P.2Na/c1-11-6-14-13-8-16(23)15-7-12(24)4-5-20(15,2)19(13)17(25)9-21(14,3)22(11,27)18(26)10-31-32(28,29)30;;/h4-5,7,11,13-14,16-17,19,25,27H,6,8-10H2,1-3H3,(H2,28,29,30);;/q;2*+1/p-2/t11-,13+,14+,16+,17+,19-,20+,21+,22+;;/m1../s1. The number of halogens is 1. The van der Waals surface area contributed by atoms with Crippen LogP contribution in [0.1, 0.15) is 40.0 Å². The maximum absolute atomic E-state index is 15.3. The first-order valence-corrected chi connectivity index (χ1v) is 12.3. The molecule has 0 heterocycles. The summed E-state index contributed by atoms with van der Waals surface area (Å²) in [5.74, 6) is -2.98. The predicted molar refractivity (Wildman–Crippen MR) is 106 cm³/mol. The molecule has 9 atom stereocenters. The third-order valence-corrected chi connectivity index (χ3v) is 9.28. The molecule has 0 aromatic carbocycles. The van der Waals surface area contributed by atoms with E-state index < -0.39 is 60.8 Å². The number of rotatable bonds is 4. The maximum Gasteiger partial charge on any atom is 1.00 e. The summed E-state index contributed by atoms with van der Waals surface area (Å²) >= 11 is 0. The number of Topliss-reactive ketones (excluding diaryl/α,β-unsaturated/α-hetero) is 1. The van der Waals surface area contributed by atoms with Crippen LogP contribution in [0.3, 0.4) is 0 Å². The van der Waals surface area contributed by atoms with Crippen LogP contribution in [-0.4, -0.2) is 46.3 Å². The Kier molecular flexibility index (Phi) is 9.26. The van der Waals surface area contributed by atoms with Crippen molar-refractivity contribution in [2.45, 2.75) is 57.9 Å². The Morgan fingerprint density at radius 3 is 2.50 bits per heavy atom. The first kappa shape index (κ1) is 31.0. The Morgan fingerprint density at radius 1 is 1.29 bits per heavy atom. The zero-order valence-electron chi connectivity index (χ0n) is 20.2. The molecule has 0 saturated heterocycles. The third-order valence-electron chi connectivity index (χ3n) is 8.84. The molecule has 2 N–H and O–H groups in total. The van der Waals surface area contributed by atoms with Gasteiger partial charge in [-0.2, -0.15) is 0 Å². The van der Waals surface area contributed by atoms with E-state index in [1.165, 1.54) is 12.2 Å². The topological polar surface area (TPSA) is 147 Å². The van der Waals surface area contributed by atoms with Crippen LogP contribution in [0.4, 0.5) is 4.39 Å². The van der Waals surface area contributed by atoms with Gasteiger partial charge in [0.25, 0.3) is 0 Å². The van der Waals surface area contributed by atoms with Crippen molar-refractivity contribution in [3.8, 4) is 0 Å². The number of carbonyl (C=O) groups excluding carboxylic acids is 2. The molecule has 0 amide bonds. The molecule has 0 bridgehead atoms. The molecule has 34 heavy (non-hydrogen) atoms. The van der Waals surface area contributed by atoms with Gasteiger partial charge in [-0.25, -0.2) is 4.39 Å². The van der Waals surface area contributed by atoms with Crippen LogP contribution >= 0.6 is 7.82 Å². The SMILES string of the molecule is C[C@@H]1C[C@H]2[C@@H]3C[C@H](F)C4=CC(=O)C=C[C@]4(C)[C@H]3[C@@H](O)C[C@]2(C)[C@@]1(O)C(=O)COP(=O)([O-])[O-].[Na+].[Na+]. The minimum atomic E-state index is -5.41. The Bertz CT molecular complexity index is 969. The van der Waals surface area contributed by atoms with E-state index in [2.05, 4.69) is 4.52 Å². The molecule has 4 aliphatic rings. The van der Waals surface area contributed by atoms with E-state index in [-0.39, 0.29) is 89.6 Å². The predicted octanol–water partition coefficient (Wildman–Crippen LogP) is -5.39. The molecule has 4 aliphatic carbocycles. The minimum Gasteiger partial charge on any atom is -0.790 e. The second kappa shape index (κ2) is 10.2. The second-order valence-electron chi connectivity index (χ2n) is 10.4. The molecule has 0 aromatic rings. The van der Waals surface area contributed by atoms with Gasteiger partial charge in [0.15, 0.2) is 11.6 Å². The summed E-state index contributed by atoms with van der Waals surface area (Å²) in [5.41, 5.74) is -3.73. The number of aliphatic hydroxyl groups excluding tert-OH is 1. The van der Waals surface area contributed by atoms with E-state index in [0.717, 1.165) is 0 Å². The van der Waals surface area contributed by atoms with Crippen molar-refractivity contribution in [2.75, 3.05) is 6.61 Å². The van der Waals surface area contributed by atoms with Crippen LogP contribution in [0.25, 0.3) is 0 Å². The molecule has 12 heteroatoms. The summed E-state index contributed by atoms with van der Waals surface area (Å²) in [6, 6.07) is 0. The third kappa shape index (κ3) is 4.61. The molecule has 3 fully saturated rings. The Labute approximate surface area is 242 Å². The Morgan fingerprint density at radius 2 is 1.91 bits per heavy atom. The fraction of sp³-hybridized carbons (Fsp3) is 0.727. The van der Waals surface area contributed by atoms with Crippen LogP contribution in [0.15, 0.2) is 23.8 Å². The number of ketones is 2. The Balaban J connectivity index is 0.00000204. The number of alkyl halides is 1. The fourth-order valence-electron chi connectivity index (χ4n) is 7.51. The Hall–Kier alpha value is 0.780.